The third-order valence-electron chi connectivity index (χ3n) is 5.57. The van der Waals surface area contributed by atoms with Crippen LogP contribution in [0.1, 0.15) is 36.4 Å². The maximum atomic E-state index is 13.3. The number of anilines is 3. The predicted octanol–water partition coefficient (Wildman–Crippen LogP) is 4.37. The molecule has 13 heteroatoms. The fraction of sp³-hybridized carbons (Fsp3) is 0.348. The summed E-state index contributed by atoms with van der Waals surface area (Å²) >= 11 is 5.75. The molecule has 0 aliphatic heterocycles. The van der Waals surface area contributed by atoms with Crippen LogP contribution in [0.25, 0.3) is 0 Å². The molecule has 2 heterocycles. The van der Waals surface area contributed by atoms with Crippen LogP contribution in [0.4, 0.5) is 21.8 Å². The number of nitrogens with one attached hydrogen (secondary N) is 2. The van der Waals surface area contributed by atoms with Crippen LogP contribution >= 0.6 is 11.6 Å². The Hall–Kier alpha value is -3.93. The van der Waals surface area contributed by atoms with Crippen molar-refractivity contribution in [3.8, 4) is 11.6 Å². The van der Waals surface area contributed by atoms with Crippen molar-refractivity contribution in [3.05, 3.63) is 47.2 Å². The van der Waals surface area contributed by atoms with E-state index in [1.54, 1.807) is 6.07 Å². The summed E-state index contributed by atoms with van der Waals surface area (Å²) in [6, 6.07) is 5.42. The highest BCUT2D eigenvalue weighted by atomic mass is 35.5. The number of pyridine rings is 1. The highest BCUT2D eigenvalue weighted by molar-refractivity contribution is 6.31. The second kappa shape index (κ2) is 11.2. The average molecular weight is 520 g/mol. The van der Waals surface area contributed by atoms with Gasteiger partial charge >= 0.3 is 23.8 Å². The van der Waals surface area contributed by atoms with Crippen molar-refractivity contribution in [1.82, 2.24) is 15.2 Å². The number of methoxy groups -OCH3 is 2. The predicted molar refractivity (Wildman–Crippen MR) is 126 cm³/mol. The maximum absolute atomic E-state index is 13.3. The van der Waals surface area contributed by atoms with Gasteiger partial charge in [0.2, 0.25) is 0 Å². The van der Waals surface area contributed by atoms with Crippen molar-refractivity contribution in [2.45, 2.75) is 31.8 Å². The van der Waals surface area contributed by atoms with Crippen LogP contribution in [0.5, 0.6) is 11.6 Å². The Morgan fingerprint density at radius 1 is 1.11 bits per heavy atom. The highest BCUT2D eigenvalue weighted by Gasteiger charge is 2.28. The summed E-state index contributed by atoms with van der Waals surface area (Å²) in [5.41, 5.74) is 0.719. The van der Waals surface area contributed by atoms with Gasteiger partial charge in [0.05, 0.1) is 37.0 Å². The molecule has 1 aromatic carbocycles. The minimum absolute atomic E-state index is 0.0794. The van der Waals surface area contributed by atoms with Crippen LogP contribution in [-0.2, 0) is 9.53 Å². The molecule has 0 radical (unpaired) electrons. The Labute approximate surface area is 210 Å². The van der Waals surface area contributed by atoms with Gasteiger partial charge in [0, 0.05) is 11.8 Å². The van der Waals surface area contributed by atoms with Gasteiger partial charge in [-0.15, -0.1) is 5.10 Å². The summed E-state index contributed by atoms with van der Waals surface area (Å²) in [5.74, 6) is -1.27. The molecule has 2 N–H and O–H groups in total. The van der Waals surface area contributed by atoms with Crippen LogP contribution in [0.3, 0.4) is 0 Å². The second-order valence-corrected chi connectivity index (χ2v) is 8.37. The summed E-state index contributed by atoms with van der Waals surface area (Å²) < 4.78 is 34.8. The number of carbonyl (C=O) groups is 2. The SMILES string of the molecule is COc1cc(NC(=O)c2nnc(Nc3ccc(F)c(Cl)c3)o2)cnc1O[C@H]1CC[C@@H](C(=O)OC)CC1. The van der Waals surface area contributed by atoms with E-state index in [0.717, 1.165) is 0 Å². The zero-order valence-corrected chi connectivity index (χ0v) is 20.2. The van der Waals surface area contributed by atoms with E-state index >= 15 is 0 Å². The number of hydrogen-bond acceptors (Lipinski definition) is 10. The zero-order chi connectivity index (χ0) is 25.7. The molecule has 4 rings (SSSR count). The molecule has 11 nitrogen and oxygen atoms in total. The van der Waals surface area contributed by atoms with Crippen LogP contribution in [0.2, 0.25) is 5.02 Å². The Morgan fingerprint density at radius 3 is 2.58 bits per heavy atom. The van der Waals surface area contributed by atoms with E-state index in [2.05, 4.69) is 25.8 Å². The molecule has 1 amide bonds. The summed E-state index contributed by atoms with van der Waals surface area (Å²) in [7, 11) is 2.85. The van der Waals surface area contributed by atoms with E-state index in [4.69, 9.17) is 30.2 Å². The molecule has 0 unspecified atom stereocenters. The van der Waals surface area contributed by atoms with Gasteiger partial charge in [-0.1, -0.05) is 16.7 Å². The molecule has 36 heavy (non-hydrogen) atoms. The lowest BCUT2D eigenvalue weighted by Crippen LogP contribution is -2.28. The van der Waals surface area contributed by atoms with Gasteiger partial charge in [0.15, 0.2) is 5.75 Å². The molecular formula is C23H23ClFN5O6. The maximum Gasteiger partial charge on any atom is 0.320 e. The Morgan fingerprint density at radius 2 is 1.89 bits per heavy atom. The molecule has 190 valence electrons. The number of hydrogen-bond donors (Lipinski definition) is 2. The Balaban J connectivity index is 1.36. The Bertz CT molecular complexity index is 1250. The standard InChI is InChI=1S/C23H23ClFN5O6/c1-33-18-10-14(11-26-20(18)35-15-6-3-12(4-7-15)22(32)34-2)27-19(31)21-29-30-23(36-21)28-13-5-8-17(25)16(24)9-13/h5,8-12,15H,3-4,6-7H2,1-2H3,(H,27,31)(H,28,30)/t12-,15+. The lowest BCUT2D eigenvalue weighted by molar-refractivity contribution is -0.147. The number of rotatable bonds is 8. The molecule has 3 aromatic rings. The molecule has 0 saturated heterocycles. The third kappa shape index (κ3) is 6.00. The fourth-order valence-corrected chi connectivity index (χ4v) is 3.90. The van der Waals surface area contributed by atoms with Gasteiger partial charge in [0.25, 0.3) is 5.88 Å². The Kier molecular flexibility index (Phi) is 7.84. The van der Waals surface area contributed by atoms with Crippen molar-refractivity contribution >= 4 is 40.9 Å². The normalized spacial score (nSPS) is 17.2. The lowest BCUT2D eigenvalue weighted by Gasteiger charge is -2.27. The summed E-state index contributed by atoms with van der Waals surface area (Å²) in [4.78, 5) is 28.5. The number of amides is 1. The first-order valence-corrected chi connectivity index (χ1v) is 11.4. The van der Waals surface area contributed by atoms with Crippen molar-refractivity contribution in [2.75, 3.05) is 24.9 Å². The van der Waals surface area contributed by atoms with Gasteiger partial charge < -0.3 is 29.3 Å². The molecular weight excluding hydrogens is 497 g/mol. The van der Waals surface area contributed by atoms with Crippen molar-refractivity contribution in [3.63, 3.8) is 0 Å². The van der Waals surface area contributed by atoms with Crippen molar-refractivity contribution in [2.24, 2.45) is 5.92 Å². The highest BCUT2D eigenvalue weighted by Crippen LogP contribution is 2.33. The first-order valence-electron chi connectivity index (χ1n) is 11.0. The van der Waals surface area contributed by atoms with Crippen LogP contribution in [0.15, 0.2) is 34.9 Å². The fourth-order valence-electron chi connectivity index (χ4n) is 3.72. The quantitative estimate of drug-likeness (QED) is 0.412. The zero-order valence-electron chi connectivity index (χ0n) is 19.4. The van der Waals surface area contributed by atoms with Gasteiger partial charge in [0.1, 0.15) is 11.9 Å². The van der Waals surface area contributed by atoms with E-state index < -0.39 is 11.7 Å². The van der Waals surface area contributed by atoms with E-state index in [-0.39, 0.29) is 40.8 Å². The van der Waals surface area contributed by atoms with E-state index in [0.29, 0.717) is 42.8 Å². The first kappa shape index (κ1) is 25.2. The molecule has 1 aliphatic rings. The van der Waals surface area contributed by atoms with Gasteiger partial charge in [-0.3, -0.25) is 9.59 Å². The third-order valence-corrected chi connectivity index (χ3v) is 5.86. The number of benzene rings is 1. The summed E-state index contributed by atoms with van der Waals surface area (Å²) in [6.45, 7) is 0. The minimum Gasteiger partial charge on any atom is -0.491 e. The largest absolute Gasteiger partial charge is 0.491 e. The molecule has 1 saturated carbocycles. The number of ether oxygens (including phenoxy) is 3. The molecule has 2 aromatic heterocycles. The lowest BCUT2D eigenvalue weighted by atomic mass is 9.87. The van der Waals surface area contributed by atoms with Crippen LogP contribution in [0, 0.1) is 11.7 Å². The molecule has 0 atom stereocenters. The molecule has 0 bridgehead atoms. The summed E-state index contributed by atoms with van der Waals surface area (Å²) in [6.07, 6.45) is 3.99. The monoisotopic (exact) mass is 519 g/mol. The minimum atomic E-state index is -0.675. The number of halogens is 2. The van der Waals surface area contributed by atoms with Crippen LogP contribution in [-0.4, -0.2) is 47.4 Å². The van der Waals surface area contributed by atoms with Gasteiger partial charge in [-0.25, -0.2) is 9.37 Å². The molecule has 0 spiro atoms. The topological polar surface area (TPSA) is 138 Å². The molecule has 1 aliphatic carbocycles. The number of esters is 1. The smallest absolute Gasteiger partial charge is 0.320 e. The van der Waals surface area contributed by atoms with Crippen molar-refractivity contribution in [1.29, 1.82) is 0 Å². The second-order valence-electron chi connectivity index (χ2n) is 7.97. The average Bonchev–Trinajstić information content (AvgIpc) is 3.35. The molecule has 1 fully saturated rings. The number of nitrogens with zero attached hydrogens (tertiary/aromatic N) is 3. The van der Waals surface area contributed by atoms with E-state index in [9.17, 15) is 14.0 Å². The van der Waals surface area contributed by atoms with Crippen LogP contribution < -0.4 is 20.1 Å². The first-order chi connectivity index (χ1) is 17.4. The number of carbonyl (C=O) groups excluding carboxylic acids is 2. The van der Waals surface area contributed by atoms with E-state index in [1.165, 1.54) is 38.6 Å². The van der Waals surface area contributed by atoms with Gasteiger partial charge in [-0.2, -0.15) is 0 Å². The van der Waals surface area contributed by atoms with E-state index in [1.807, 2.05) is 0 Å². The van der Waals surface area contributed by atoms with Gasteiger partial charge in [-0.05, 0) is 43.9 Å². The van der Waals surface area contributed by atoms with Crippen molar-refractivity contribution < 1.29 is 32.6 Å². The number of aromatic nitrogens is 3. The summed E-state index contributed by atoms with van der Waals surface area (Å²) in [5, 5.41) is 12.7.